The third-order valence-corrected chi connectivity index (χ3v) is 8.57. The highest BCUT2D eigenvalue weighted by Gasteiger charge is 2.41. The Morgan fingerprint density at radius 3 is 2.24 bits per heavy atom. The van der Waals surface area contributed by atoms with Crippen molar-refractivity contribution in [2.24, 2.45) is 0 Å². The molecule has 1 heterocycles. The first-order chi connectivity index (χ1) is 18.4. The maximum absolute atomic E-state index is 13.3. The number of nitrogens with zero attached hydrogens (tertiary/aromatic N) is 1. The summed E-state index contributed by atoms with van der Waals surface area (Å²) in [7, 11) is 0. The van der Waals surface area contributed by atoms with Crippen LogP contribution >= 0.6 is 24.0 Å². The highest BCUT2D eigenvalue weighted by molar-refractivity contribution is 8.24. The maximum atomic E-state index is 13.3. The fourth-order valence-corrected chi connectivity index (χ4v) is 6.81. The van der Waals surface area contributed by atoms with Gasteiger partial charge in [-0.05, 0) is 72.4 Å². The van der Waals surface area contributed by atoms with Crippen molar-refractivity contribution in [3.63, 3.8) is 0 Å². The lowest BCUT2D eigenvalue weighted by molar-refractivity contribution is 0.163. The first-order valence-corrected chi connectivity index (χ1v) is 13.8. The first-order valence-electron chi connectivity index (χ1n) is 12.5. The average molecular weight is 546 g/mol. The predicted octanol–water partition coefficient (Wildman–Crippen LogP) is 7.76. The summed E-state index contributed by atoms with van der Waals surface area (Å²) in [6.45, 7) is 0. The van der Waals surface area contributed by atoms with Gasteiger partial charge in [0.1, 0.15) is 21.6 Å². The Morgan fingerprint density at radius 1 is 0.868 bits per heavy atom. The molecule has 194 valence electrons. The number of halogens is 1. The minimum absolute atomic E-state index is 0.00258. The topological polar surface area (TPSA) is 63.9 Å². The number of rotatable bonds is 8. The average Bonchev–Trinajstić information content (AvgIpc) is 3.25. The van der Waals surface area contributed by atoms with Crippen LogP contribution in [0, 0.1) is 5.82 Å². The summed E-state index contributed by atoms with van der Waals surface area (Å²) < 4.78 is 14.0. The number of aliphatic hydroxyl groups excluding tert-OH is 1. The smallest absolute Gasteiger partial charge is 0.141 e. The van der Waals surface area contributed by atoms with E-state index in [2.05, 4.69) is 29.2 Å². The molecule has 4 nitrogen and oxygen atoms in total. The van der Waals surface area contributed by atoms with Crippen molar-refractivity contribution in [1.82, 2.24) is 0 Å². The van der Waals surface area contributed by atoms with Crippen LogP contribution in [-0.2, 0) is 0 Å². The number of thioether (sulfide) groups is 1. The van der Waals surface area contributed by atoms with Crippen molar-refractivity contribution < 1.29 is 19.7 Å². The molecular weight excluding hydrogens is 517 g/mol. The van der Waals surface area contributed by atoms with E-state index in [-0.39, 0.29) is 28.6 Å². The van der Waals surface area contributed by atoms with Crippen LogP contribution in [0.5, 0.6) is 11.5 Å². The van der Waals surface area contributed by atoms with Gasteiger partial charge in [-0.15, -0.1) is 0 Å². The Kier molecular flexibility index (Phi) is 7.98. The number of aliphatic hydroxyl groups is 1. The van der Waals surface area contributed by atoms with Gasteiger partial charge in [-0.1, -0.05) is 78.6 Å². The minimum atomic E-state index is -0.684. The third-order valence-electron chi connectivity index (χ3n) is 6.89. The van der Waals surface area contributed by atoms with Gasteiger partial charge in [0.2, 0.25) is 0 Å². The van der Waals surface area contributed by atoms with Gasteiger partial charge < -0.3 is 20.2 Å². The Morgan fingerprint density at radius 2 is 1.55 bits per heavy atom. The fourth-order valence-electron chi connectivity index (χ4n) is 4.94. The minimum Gasteiger partial charge on any atom is -0.508 e. The zero-order chi connectivity index (χ0) is 26.6. The Labute approximate surface area is 231 Å². The Bertz CT molecular complexity index is 1400. The van der Waals surface area contributed by atoms with Gasteiger partial charge in [-0.3, -0.25) is 0 Å². The van der Waals surface area contributed by atoms with Crippen molar-refractivity contribution in [3.8, 4) is 22.6 Å². The van der Waals surface area contributed by atoms with E-state index in [1.54, 1.807) is 36.0 Å². The van der Waals surface area contributed by atoms with Crippen molar-refractivity contribution in [2.75, 3.05) is 4.90 Å². The number of hydrogen-bond acceptors (Lipinski definition) is 5. The molecule has 3 unspecified atom stereocenters. The summed E-state index contributed by atoms with van der Waals surface area (Å²) in [6.07, 6.45) is 1.30. The lowest BCUT2D eigenvalue weighted by atomic mass is 9.95. The maximum Gasteiger partial charge on any atom is 0.141 e. The molecule has 0 amide bonds. The van der Waals surface area contributed by atoms with Gasteiger partial charge in [0, 0.05) is 22.6 Å². The largest absolute Gasteiger partial charge is 0.508 e. The van der Waals surface area contributed by atoms with Gasteiger partial charge in [0.25, 0.3) is 0 Å². The molecule has 1 saturated heterocycles. The molecule has 0 saturated carbocycles. The summed E-state index contributed by atoms with van der Waals surface area (Å²) in [5, 5.41) is 31.3. The number of benzene rings is 4. The van der Waals surface area contributed by atoms with Crippen molar-refractivity contribution in [1.29, 1.82) is 0 Å². The van der Waals surface area contributed by atoms with Gasteiger partial charge >= 0.3 is 0 Å². The van der Waals surface area contributed by atoms with E-state index in [1.807, 2.05) is 30.3 Å². The monoisotopic (exact) mass is 545 g/mol. The number of phenolic OH excluding ortho intramolecular Hbond substituents is 2. The summed E-state index contributed by atoms with van der Waals surface area (Å²) in [6, 6.07) is 28.7. The lowest BCUT2D eigenvalue weighted by Gasteiger charge is -2.30. The number of aromatic hydroxyl groups is 2. The molecule has 3 N–H and O–H groups in total. The molecule has 38 heavy (non-hydrogen) atoms. The molecule has 1 aliphatic heterocycles. The van der Waals surface area contributed by atoms with E-state index >= 15 is 0 Å². The van der Waals surface area contributed by atoms with Crippen LogP contribution in [0.4, 0.5) is 10.1 Å². The molecular formula is C31H28FNO3S2. The highest BCUT2D eigenvalue weighted by Crippen LogP contribution is 2.49. The molecule has 0 aromatic heterocycles. The molecule has 4 aromatic rings. The van der Waals surface area contributed by atoms with E-state index in [1.165, 1.54) is 18.2 Å². The van der Waals surface area contributed by atoms with Crippen molar-refractivity contribution in [3.05, 3.63) is 114 Å². The Hall–Kier alpha value is -3.39. The lowest BCUT2D eigenvalue weighted by Crippen LogP contribution is -2.29. The zero-order valence-corrected chi connectivity index (χ0v) is 22.2. The summed E-state index contributed by atoms with van der Waals surface area (Å²) in [4.78, 5) is 2.07. The molecule has 0 spiro atoms. The zero-order valence-electron chi connectivity index (χ0n) is 20.6. The number of anilines is 1. The van der Waals surface area contributed by atoms with Crippen LogP contribution in [-0.4, -0.2) is 24.9 Å². The summed E-state index contributed by atoms with van der Waals surface area (Å²) in [5.41, 5.74) is 4.53. The van der Waals surface area contributed by atoms with E-state index in [9.17, 15) is 19.7 Å². The van der Waals surface area contributed by atoms with E-state index < -0.39 is 6.10 Å². The standard InChI is InChI=1S/C31H28FNO3S2/c32-23-13-9-22(10-14-23)27(35)7-4-8-29-30(26-18-17-25(34)19-28(26)36)33(31(37)38-29)24-15-11-21(12-16-24)20-5-2-1-3-6-20/h1-3,5-6,9-19,27,29-30,34-36H,4,7-8H2. The van der Waals surface area contributed by atoms with Crippen LogP contribution in [0.2, 0.25) is 0 Å². The van der Waals surface area contributed by atoms with Gasteiger partial charge in [-0.2, -0.15) is 0 Å². The molecule has 0 aliphatic carbocycles. The molecule has 1 aliphatic rings. The molecule has 3 atom stereocenters. The van der Waals surface area contributed by atoms with E-state index in [0.29, 0.717) is 21.9 Å². The Balaban J connectivity index is 1.38. The second-order valence-corrected chi connectivity index (χ2v) is 11.3. The molecule has 5 rings (SSSR count). The van der Waals surface area contributed by atoms with E-state index in [0.717, 1.165) is 29.7 Å². The predicted molar refractivity (Wildman–Crippen MR) is 156 cm³/mol. The van der Waals surface area contributed by atoms with Crippen LogP contribution < -0.4 is 4.90 Å². The molecule has 0 radical (unpaired) electrons. The molecule has 1 fully saturated rings. The number of hydrogen-bond donors (Lipinski definition) is 3. The van der Waals surface area contributed by atoms with Crippen LogP contribution in [0.1, 0.15) is 42.5 Å². The van der Waals surface area contributed by atoms with Crippen molar-refractivity contribution in [2.45, 2.75) is 36.7 Å². The molecule has 0 bridgehead atoms. The van der Waals surface area contributed by atoms with Crippen LogP contribution in [0.25, 0.3) is 11.1 Å². The third kappa shape index (κ3) is 5.70. The molecule has 4 aromatic carbocycles. The quantitative estimate of drug-likeness (QED) is 0.197. The molecule has 7 heteroatoms. The van der Waals surface area contributed by atoms with Crippen LogP contribution in [0.15, 0.2) is 97.1 Å². The van der Waals surface area contributed by atoms with Crippen LogP contribution in [0.3, 0.4) is 0 Å². The van der Waals surface area contributed by atoms with E-state index in [4.69, 9.17) is 12.2 Å². The van der Waals surface area contributed by atoms with Gasteiger partial charge in [0.05, 0.1) is 12.1 Å². The second-order valence-electron chi connectivity index (χ2n) is 9.39. The SMILES string of the molecule is Oc1ccc(C2C(CCCC(O)c3ccc(F)cc3)SC(=S)N2c2ccc(-c3ccccc3)cc2)c(O)c1. The van der Waals surface area contributed by atoms with Gasteiger partial charge in [-0.25, -0.2) is 4.39 Å². The fraction of sp³-hybridized carbons (Fsp3) is 0.194. The van der Waals surface area contributed by atoms with Gasteiger partial charge in [0.15, 0.2) is 0 Å². The highest BCUT2D eigenvalue weighted by atomic mass is 32.2. The number of phenols is 2. The first kappa shape index (κ1) is 26.2. The number of thiocarbonyl (C=S) groups is 1. The summed E-state index contributed by atoms with van der Waals surface area (Å²) in [5.74, 6) is -0.315. The van der Waals surface area contributed by atoms with Crippen molar-refractivity contribution >= 4 is 34.0 Å². The summed E-state index contributed by atoms with van der Waals surface area (Å²) >= 11 is 7.42. The second kappa shape index (κ2) is 11.6. The normalized spacial score (nSPS) is 18.1.